The normalized spacial score (nSPS) is 25.6. The van der Waals surface area contributed by atoms with Gasteiger partial charge in [-0.25, -0.2) is 0 Å². The van der Waals surface area contributed by atoms with Crippen LogP contribution in [0.4, 0.5) is 13.2 Å². The number of thioether (sulfide) groups is 1. The number of nitrogens with zero attached hydrogens (tertiary/aromatic N) is 1. The number of benzene rings is 1. The summed E-state index contributed by atoms with van der Waals surface area (Å²) in [5.74, 6) is -6.31. The Morgan fingerprint density at radius 1 is 1.38 bits per heavy atom. The molecule has 128 valence electrons. The topological polar surface area (TPSA) is 103 Å². The predicted octanol–water partition coefficient (Wildman–Crippen LogP) is 1.40. The van der Waals surface area contributed by atoms with Gasteiger partial charge in [-0.15, -0.1) is 0 Å². The van der Waals surface area contributed by atoms with Crippen molar-refractivity contribution in [3.8, 4) is 11.5 Å². The van der Waals surface area contributed by atoms with Crippen molar-refractivity contribution < 1.29 is 32.2 Å². The molecular weight excluding hydrogens is 375 g/mol. The number of aliphatic imine (C=N–C) groups is 1. The Morgan fingerprint density at radius 3 is 2.62 bits per heavy atom. The number of carbonyl (C=O) groups is 2. The van der Waals surface area contributed by atoms with Gasteiger partial charge in [0.05, 0.1) is 0 Å². The lowest BCUT2D eigenvalue weighted by Crippen LogP contribution is -2.66. The van der Waals surface area contributed by atoms with Gasteiger partial charge in [-0.2, -0.15) is 18.2 Å². The number of halogens is 4. The lowest BCUT2D eigenvalue weighted by atomic mass is 10.3. The van der Waals surface area contributed by atoms with Crippen LogP contribution in [-0.2, 0) is 9.59 Å². The first-order valence-electron chi connectivity index (χ1n) is 6.22. The fourth-order valence-electron chi connectivity index (χ4n) is 1.97. The van der Waals surface area contributed by atoms with Crippen molar-refractivity contribution in [1.29, 1.82) is 0 Å². The van der Waals surface area contributed by atoms with Crippen LogP contribution in [0.2, 0.25) is 5.02 Å². The second-order valence-corrected chi connectivity index (χ2v) is 6.25. The lowest BCUT2D eigenvalue weighted by Gasteiger charge is -2.30. The van der Waals surface area contributed by atoms with E-state index in [0.29, 0.717) is 11.8 Å². The van der Waals surface area contributed by atoms with Crippen LogP contribution < -0.4 is 20.5 Å². The molecule has 1 aromatic carbocycles. The smallest absolute Gasteiger partial charge is 0.424 e. The fourth-order valence-corrected chi connectivity index (χ4v) is 2.84. The fraction of sp³-hybridized carbons (Fsp3) is 0.250. The molecule has 0 fully saturated rings. The Labute approximate surface area is 141 Å². The van der Waals surface area contributed by atoms with Gasteiger partial charge < -0.3 is 15.2 Å². The van der Waals surface area contributed by atoms with Gasteiger partial charge >= 0.3 is 12.1 Å². The molecule has 0 aromatic heterocycles. The number of carbonyl (C=O) groups excluding carboxylic acids is 2. The van der Waals surface area contributed by atoms with Crippen molar-refractivity contribution in [2.24, 2.45) is 10.7 Å². The van der Waals surface area contributed by atoms with Gasteiger partial charge in [0.25, 0.3) is 5.91 Å². The minimum atomic E-state index is -5.15. The second kappa shape index (κ2) is 5.45. The van der Waals surface area contributed by atoms with Crippen LogP contribution in [0.25, 0.3) is 0 Å². The van der Waals surface area contributed by atoms with Crippen LogP contribution in [0, 0.1) is 0 Å². The number of alkyl halides is 3. The maximum Gasteiger partial charge on any atom is 0.492 e. The van der Waals surface area contributed by atoms with E-state index in [1.807, 2.05) is 0 Å². The summed E-state index contributed by atoms with van der Waals surface area (Å²) in [6.07, 6.45) is -5.15. The average molecular weight is 382 g/mol. The van der Waals surface area contributed by atoms with Gasteiger partial charge in [-0.1, -0.05) is 23.4 Å². The van der Waals surface area contributed by atoms with E-state index in [0.717, 1.165) is 12.1 Å². The molecule has 0 bridgehead atoms. The first kappa shape index (κ1) is 16.7. The van der Waals surface area contributed by atoms with E-state index >= 15 is 0 Å². The van der Waals surface area contributed by atoms with Gasteiger partial charge in [-0.05, 0) is 12.1 Å². The van der Waals surface area contributed by atoms with E-state index < -0.39 is 29.2 Å². The molecule has 1 aromatic rings. The molecule has 2 aliphatic rings. The number of rotatable bonds is 2. The highest BCUT2D eigenvalue weighted by Crippen LogP contribution is 2.46. The molecule has 2 amide bonds. The van der Waals surface area contributed by atoms with Crippen LogP contribution in [0.15, 0.2) is 23.2 Å². The van der Waals surface area contributed by atoms with Crippen molar-refractivity contribution >= 4 is 40.3 Å². The maximum atomic E-state index is 13.5. The summed E-state index contributed by atoms with van der Waals surface area (Å²) < 4.78 is 49.9. The molecule has 0 saturated carbocycles. The van der Waals surface area contributed by atoms with E-state index in [1.54, 1.807) is 5.32 Å². The minimum absolute atomic E-state index is 0.115. The van der Waals surface area contributed by atoms with Crippen LogP contribution in [0.5, 0.6) is 11.5 Å². The molecule has 0 aliphatic carbocycles. The molecule has 0 unspecified atom stereocenters. The highest BCUT2D eigenvalue weighted by atomic mass is 35.5. The summed E-state index contributed by atoms with van der Waals surface area (Å²) in [4.78, 5) is 26.8. The van der Waals surface area contributed by atoms with Crippen LogP contribution in [-0.4, -0.2) is 34.3 Å². The minimum Gasteiger partial charge on any atom is -0.424 e. The maximum absolute atomic E-state index is 13.5. The predicted molar refractivity (Wildman–Crippen MR) is 77.6 cm³/mol. The van der Waals surface area contributed by atoms with E-state index in [1.165, 1.54) is 6.07 Å². The van der Waals surface area contributed by atoms with Crippen molar-refractivity contribution in [3.63, 3.8) is 0 Å². The third-order valence-corrected chi connectivity index (χ3v) is 4.21. The molecule has 7 nitrogen and oxygen atoms in total. The van der Waals surface area contributed by atoms with E-state index in [2.05, 4.69) is 4.99 Å². The molecule has 0 radical (unpaired) electrons. The van der Waals surface area contributed by atoms with Crippen LogP contribution in [0.3, 0.4) is 0 Å². The van der Waals surface area contributed by atoms with Crippen molar-refractivity contribution in [2.75, 3.05) is 0 Å². The van der Waals surface area contributed by atoms with Crippen LogP contribution in [0.1, 0.15) is 0 Å². The summed E-state index contributed by atoms with van der Waals surface area (Å²) in [5.41, 5.74) is 5.28. The van der Waals surface area contributed by atoms with Gasteiger partial charge in [-0.3, -0.25) is 14.9 Å². The third kappa shape index (κ3) is 2.73. The van der Waals surface area contributed by atoms with Crippen molar-refractivity contribution in [2.45, 2.75) is 17.3 Å². The highest BCUT2D eigenvalue weighted by Gasteiger charge is 2.66. The number of hydrogen-bond donors (Lipinski definition) is 2. The summed E-state index contributed by atoms with van der Waals surface area (Å²) >= 11 is 6.22. The van der Waals surface area contributed by atoms with Crippen molar-refractivity contribution in [3.05, 3.63) is 23.2 Å². The number of amides is 2. The molecule has 0 saturated heterocycles. The Morgan fingerprint density at radius 2 is 2.04 bits per heavy atom. The Bertz CT molecular complexity index is 772. The molecule has 0 spiro atoms. The van der Waals surface area contributed by atoms with E-state index in [9.17, 15) is 22.8 Å². The SMILES string of the molecule is NC1=NC(=O)[C@@H](C(=O)N[C@]2(C(F)(F)F)Oc3ccc(Cl)cc3O2)S1. The Hall–Kier alpha value is -2.14. The van der Waals surface area contributed by atoms with E-state index in [-0.39, 0.29) is 21.7 Å². The number of hydrogen-bond acceptors (Lipinski definition) is 6. The molecule has 2 heterocycles. The number of amidine groups is 1. The molecule has 2 aliphatic heterocycles. The molecule has 3 rings (SSSR count). The van der Waals surface area contributed by atoms with Gasteiger partial charge in [0.15, 0.2) is 21.9 Å². The van der Waals surface area contributed by atoms with Crippen molar-refractivity contribution in [1.82, 2.24) is 5.32 Å². The van der Waals surface area contributed by atoms with Crippen LogP contribution >= 0.6 is 23.4 Å². The summed E-state index contributed by atoms with van der Waals surface area (Å²) in [5, 5.41) is -0.0854. The molecule has 12 heteroatoms. The number of nitrogens with one attached hydrogen (secondary N) is 1. The lowest BCUT2D eigenvalue weighted by molar-refractivity contribution is -0.319. The Balaban J connectivity index is 1.87. The monoisotopic (exact) mass is 381 g/mol. The van der Waals surface area contributed by atoms with Gasteiger partial charge in [0.1, 0.15) is 0 Å². The average Bonchev–Trinajstić information content (AvgIpc) is 2.98. The molecular formula is C12H7ClF3N3O4S. The standard InChI is InChI=1S/C12H7ClF3N3O4S/c13-4-1-2-5-6(3-4)23-12(22-5,11(14,15)16)19-9(21)7-8(20)18-10(17)24-7/h1-3,7H,(H,19,21)(H2,17,18,20)/t7-,12+/m0/s1. The second-order valence-electron chi connectivity index (χ2n) is 4.68. The Kier molecular flexibility index (Phi) is 3.79. The number of fused-ring (bicyclic) bond motifs is 1. The summed E-state index contributed by atoms with van der Waals surface area (Å²) in [6, 6.07) is 3.56. The number of nitrogens with two attached hydrogens (primary N) is 1. The molecule has 2 atom stereocenters. The molecule has 24 heavy (non-hydrogen) atoms. The largest absolute Gasteiger partial charge is 0.492 e. The first-order chi connectivity index (χ1) is 11.1. The third-order valence-electron chi connectivity index (χ3n) is 3.00. The van der Waals surface area contributed by atoms with Gasteiger partial charge in [0, 0.05) is 11.1 Å². The highest BCUT2D eigenvalue weighted by molar-refractivity contribution is 8.16. The summed E-state index contributed by atoms with van der Waals surface area (Å²) in [6.45, 7) is 0. The van der Waals surface area contributed by atoms with E-state index in [4.69, 9.17) is 26.8 Å². The quantitative estimate of drug-likeness (QED) is 0.751. The zero-order valence-electron chi connectivity index (χ0n) is 11.4. The molecule has 3 N–H and O–H groups in total. The van der Waals surface area contributed by atoms with Gasteiger partial charge in [0.2, 0.25) is 5.91 Å². The number of ether oxygens (including phenoxy) is 2. The first-order valence-corrected chi connectivity index (χ1v) is 7.48. The zero-order valence-corrected chi connectivity index (χ0v) is 13.0. The summed E-state index contributed by atoms with van der Waals surface area (Å²) in [7, 11) is 0. The zero-order chi connectivity index (χ0) is 17.7.